The Kier molecular flexibility index (Phi) is 10.7. The van der Waals surface area contributed by atoms with Crippen molar-refractivity contribution in [1.29, 1.82) is 0 Å². The van der Waals surface area contributed by atoms with Gasteiger partial charge in [-0.1, -0.05) is 84.9 Å². The van der Waals surface area contributed by atoms with Gasteiger partial charge in [-0.2, -0.15) is 0 Å². The van der Waals surface area contributed by atoms with Gasteiger partial charge < -0.3 is 20.8 Å². The lowest BCUT2D eigenvalue weighted by atomic mass is 9.91. The predicted octanol–water partition coefficient (Wildman–Crippen LogP) is 3.47. The summed E-state index contributed by atoms with van der Waals surface area (Å²) in [5.41, 5.74) is 3.81. The highest BCUT2D eigenvalue weighted by Gasteiger charge is 2.37. The number of aliphatic hydroxyl groups is 2. The molecule has 0 saturated carbocycles. The highest BCUT2D eigenvalue weighted by molar-refractivity contribution is 5.83. The number of β-amino-alcohol motifs (C(OH)–C–C–N with tert-alkyl or cyclic N) is 1. The molecule has 5 rings (SSSR count). The smallest absolute Gasteiger partial charge is 0.239 e. The van der Waals surface area contributed by atoms with E-state index in [4.69, 9.17) is 0 Å². The number of aliphatic hydroxyl groups excluding tert-OH is 2. The van der Waals surface area contributed by atoms with Crippen molar-refractivity contribution in [3.05, 3.63) is 107 Å². The van der Waals surface area contributed by atoms with Crippen LogP contribution in [-0.4, -0.2) is 81.8 Å². The molecule has 0 bridgehead atoms. The molecule has 1 heterocycles. The monoisotopic (exact) mass is 612 g/mol. The molecule has 1 saturated heterocycles. The molecule has 4 N–H and O–H groups in total. The summed E-state index contributed by atoms with van der Waals surface area (Å²) < 4.78 is 0. The van der Waals surface area contributed by atoms with E-state index >= 15 is 0 Å². The van der Waals surface area contributed by atoms with Gasteiger partial charge in [-0.3, -0.25) is 19.4 Å². The number of hydrogen-bond acceptors (Lipinski definition) is 6. The summed E-state index contributed by atoms with van der Waals surface area (Å²) in [5.74, 6) is -0.753. The molecule has 240 valence electrons. The third kappa shape index (κ3) is 9.01. The molecule has 2 aliphatic rings. The van der Waals surface area contributed by atoms with Crippen LogP contribution in [0.4, 0.5) is 0 Å². The molecule has 45 heavy (non-hydrogen) atoms. The molecule has 1 aliphatic carbocycles. The molecule has 1 aliphatic heterocycles. The summed E-state index contributed by atoms with van der Waals surface area (Å²) in [6.07, 6.45) is -0.309. The Morgan fingerprint density at radius 1 is 0.911 bits per heavy atom. The molecule has 8 nitrogen and oxygen atoms in total. The Hall–Kier alpha value is -3.56. The molecule has 8 heteroatoms. The Balaban J connectivity index is 1.29. The highest BCUT2D eigenvalue weighted by Crippen LogP contribution is 2.32. The van der Waals surface area contributed by atoms with E-state index in [0.717, 1.165) is 29.8 Å². The molecule has 1 fully saturated rings. The van der Waals surface area contributed by atoms with Gasteiger partial charge in [-0.05, 0) is 55.9 Å². The minimum atomic E-state index is -0.823. The lowest BCUT2D eigenvalue weighted by Gasteiger charge is -2.42. The molecule has 3 aromatic carbocycles. The Morgan fingerprint density at radius 2 is 1.56 bits per heavy atom. The van der Waals surface area contributed by atoms with Crippen LogP contribution in [0.1, 0.15) is 55.5 Å². The van der Waals surface area contributed by atoms with Crippen LogP contribution in [0.3, 0.4) is 0 Å². The van der Waals surface area contributed by atoms with Crippen molar-refractivity contribution in [3.63, 3.8) is 0 Å². The highest BCUT2D eigenvalue weighted by atomic mass is 16.3. The fraction of sp³-hybridized carbons (Fsp3) is 0.459. The normalized spacial score (nSPS) is 21.9. The first kappa shape index (κ1) is 32.8. The Bertz CT molecular complexity index is 1410. The van der Waals surface area contributed by atoms with Gasteiger partial charge in [0.1, 0.15) is 6.04 Å². The lowest BCUT2D eigenvalue weighted by Crippen LogP contribution is -2.61. The minimum Gasteiger partial charge on any atom is -0.392 e. The third-order valence-corrected chi connectivity index (χ3v) is 8.82. The second-order valence-corrected chi connectivity index (χ2v) is 13.7. The first-order chi connectivity index (χ1) is 21.6. The molecule has 0 radical (unpaired) electrons. The van der Waals surface area contributed by atoms with Crippen molar-refractivity contribution in [2.24, 2.45) is 5.92 Å². The number of nitrogens with zero attached hydrogens (tertiary/aromatic N) is 2. The lowest BCUT2D eigenvalue weighted by molar-refractivity contribution is -0.132. The number of carbonyl (C=O) groups excluding carboxylic acids is 2. The molecule has 0 spiro atoms. The summed E-state index contributed by atoms with van der Waals surface area (Å²) in [5, 5.41) is 28.5. The molecular weight excluding hydrogens is 564 g/mol. The maximum Gasteiger partial charge on any atom is 0.239 e. The molecule has 3 aromatic rings. The number of piperazine rings is 1. The minimum absolute atomic E-state index is 0.0556. The number of nitrogens with one attached hydrogen (secondary N) is 2. The van der Waals surface area contributed by atoms with Crippen molar-refractivity contribution in [2.75, 3.05) is 26.2 Å². The van der Waals surface area contributed by atoms with Crippen molar-refractivity contribution < 1.29 is 19.8 Å². The molecule has 0 unspecified atom stereocenters. The summed E-state index contributed by atoms with van der Waals surface area (Å²) in [4.78, 5) is 31.7. The topological polar surface area (TPSA) is 105 Å². The quantitative estimate of drug-likeness (QED) is 0.265. The van der Waals surface area contributed by atoms with E-state index in [0.29, 0.717) is 25.9 Å². The summed E-state index contributed by atoms with van der Waals surface area (Å²) in [7, 11) is 0. The van der Waals surface area contributed by atoms with Gasteiger partial charge in [0.15, 0.2) is 0 Å². The van der Waals surface area contributed by atoms with E-state index < -0.39 is 30.2 Å². The standard InChI is InChI=1S/C37H48N4O4/c1-37(2,3)39-36(45)32-25-40(23-27-14-8-5-9-15-27)18-19-41(32)24-30(42)21-29(20-26-12-6-4-7-13-26)35(44)38-34-31-17-11-10-16-28(31)22-33(34)43/h4-17,29-30,32-34,42-43H,18-25H2,1-3H3,(H,38,44)(H,39,45)/t29-,30+,32+,33-,34+/m1/s1. The average molecular weight is 613 g/mol. The second kappa shape index (κ2) is 14.7. The van der Waals surface area contributed by atoms with Crippen LogP contribution in [0.25, 0.3) is 0 Å². The van der Waals surface area contributed by atoms with E-state index in [1.165, 1.54) is 5.56 Å². The number of hydrogen-bond donors (Lipinski definition) is 4. The largest absolute Gasteiger partial charge is 0.392 e. The first-order valence-corrected chi connectivity index (χ1v) is 16.2. The number of fused-ring (bicyclic) bond motifs is 1. The summed E-state index contributed by atoms with van der Waals surface area (Å²) in [6.45, 7) is 8.92. The molecule has 5 atom stereocenters. The fourth-order valence-corrected chi connectivity index (χ4v) is 6.66. The zero-order valence-corrected chi connectivity index (χ0v) is 26.7. The van der Waals surface area contributed by atoms with Gasteiger partial charge >= 0.3 is 0 Å². The van der Waals surface area contributed by atoms with E-state index in [1.54, 1.807) is 0 Å². The van der Waals surface area contributed by atoms with Crippen molar-refractivity contribution in [2.45, 2.75) is 76.4 Å². The van der Waals surface area contributed by atoms with Gasteiger partial charge in [0.2, 0.25) is 11.8 Å². The maximum atomic E-state index is 13.8. The second-order valence-electron chi connectivity index (χ2n) is 13.7. The van der Waals surface area contributed by atoms with Crippen molar-refractivity contribution in [3.8, 4) is 0 Å². The van der Waals surface area contributed by atoms with Gasteiger partial charge in [0.05, 0.1) is 18.2 Å². The number of benzene rings is 3. The van der Waals surface area contributed by atoms with Crippen LogP contribution in [-0.2, 0) is 29.0 Å². The zero-order valence-electron chi connectivity index (χ0n) is 26.7. The third-order valence-electron chi connectivity index (χ3n) is 8.82. The van der Waals surface area contributed by atoms with Crippen LogP contribution in [0.15, 0.2) is 84.9 Å². The van der Waals surface area contributed by atoms with Crippen LogP contribution in [0, 0.1) is 5.92 Å². The van der Waals surface area contributed by atoms with Crippen LogP contribution in [0.5, 0.6) is 0 Å². The Morgan fingerprint density at radius 3 is 2.24 bits per heavy atom. The molecular formula is C37H48N4O4. The van der Waals surface area contributed by atoms with E-state index in [1.807, 2.05) is 93.6 Å². The van der Waals surface area contributed by atoms with E-state index in [9.17, 15) is 19.8 Å². The van der Waals surface area contributed by atoms with Crippen LogP contribution < -0.4 is 10.6 Å². The number of amides is 2. The number of rotatable bonds is 11. The SMILES string of the molecule is CC(C)(C)NC(=O)[C@@H]1CN(Cc2ccccc2)CCN1C[C@@H](O)C[C@@H](Cc1ccccc1)C(=O)N[C@H]1c2ccccc2C[C@H]1O. The van der Waals surface area contributed by atoms with Crippen LogP contribution in [0.2, 0.25) is 0 Å². The van der Waals surface area contributed by atoms with Gasteiger partial charge in [0.25, 0.3) is 0 Å². The fourth-order valence-electron chi connectivity index (χ4n) is 6.66. The molecule has 0 aromatic heterocycles. The van der Waals surface area contributed by atoms with Crippen molar-refractivity contribution >= 4 is 11.8 Å². The average Bonchev–Trinajstić information content (AvgIpc) is 3.32. The van der Waals surface area contributed by atoms with E-state index in [-0.39, 0.29) is 30.3 Å². The van der Waals surface area contributed by atoms with Gasteiger partial charge in [-0.15, -0.1) is 0 Å². The number of carbonyl (C=O) groups is 2. The molecule has 2 amide bonds. The van der Waals surface area contributed by atoms with Crippen molar-refractivity contribution in [1.82, 2.24) is 20.4 Å². The first-order valence-electron chi connectivity index (χ1n) is 16.2. The zero-order chi connectivity index (χ0) is 32.0. The van der Waals surface area contributed by atoms with Gasteiger partial charge in [-0.25, -0.2) is 0 Å². The summed E-state index contributed by atoms with van der Waals surface area (Å²) >= 11 is 0. The van der Waals surface area contributed by atoms with Gasteiger partial charge in [0, 0.05) is 50.6 Å². The predicted molar refractivity (Wildman–Crippen MR) is 176 cm³/mol. The Labute approximate surface area is 267 Å². The summed E-state index contributed by atoms with van der Waals surface area (Å²) in [6, 6.07) is 27.0. The maximum absolute atomic E-state index is 13.8. The van der Waals surface area contributed by atoms with E-state index in [2.05, 4.69) is 32.6 Å². The van der Waals surface area contributed by atoms with Crippen LogP contribution >= 0.6 is 0 Å².